The molecule has 1 rings (SSSR count). The maximum absolute atomic E-state index is 12.2. The highest BCUT2D eigenvalue weighted by molar-refractivity contribution is 8.00. The lowest BCUT2D eigenvalue weighted by atomic mass is 10.1. The number of rotatable bonds is 5. The van der Waals surface area contributed by atoms with Gasteiger partial charge in [0.05, 0.1) is 4.90 Å². The van der Waals surface area contributed by atoms with Crippen molar-refractivity contribution in [1.29, 1.82) is 0 Å². The molecule has 0 saturated carbocycles. The predicted octanol–water partition coefficient (Wildman–Crippen LogP) is 2.73. The van der Waals surface area contributed by atoms with Gasteiger partial charge < -0.3 is 5.73 Å². The number of nitrogens with two attached hydrogens (primary N) is 1. The molecule has 0 saturated heterocycles. The van der Waals surface area contributed by atoms with Crippen LogP contribution < -0.4 is 10.5 Å². The molecule has 0 aliphatic carbocycles. The van der Waals surface area contributed by atoms with Crippen LogP contribution in [0, 0.1) is 20.8 Å². The molecule has 0 fully saturated rings. The molecule has 1 aromatic rings. The average Bonchev–Trinajstić information content (AvgIpc) is 2.31. The molecule has 0 spiro atoms. The first-order valence-electron chi connectivity index (χ1n) is 6.02. The molecule has 3 N–H and O–H groups in total. The van der Waals surface area contributed by atoms with Crippen LogP contribution in [-0.2, 0) is 10.0 Å². The number of sulfonamides is 1. The van der Waals surface area contributed by atoms with E-state index >= 15 is 0 Å². The van der Waals surface area contributed by atoms with Crippen LogP contribution in [-0.4, -0.2) is 26.2 Å². The Balaban J connectivity index is 2.94. The van der Waals surface area contributed by atoms with Crippen LogP contribution in [0.1, 0.15) is 16.7 Å². The Hall–Kier alpha value is -0.930. The minimum absolute atomic E-state index is 0.0389. The first-order chi connectivity index (χ1) is 9.46. The second-order valence-electron chi connectivity index (χ2n) is 4.55. The molecule has 0 aliphatic heterocycles. The quantitative estimate of drug-likeness (QED) is 0.637. The predicted molar refractivity (Wildman–Crippen MR) is 78.8 cm³/mol. The summed E-state index contributed by atoms with van der Waals surface area (Å²) in [5.74, 6) is -0.387. The normalized spacial score (nSPS) is 12.7. The van der Waals surface area contributed by atoms with Gasteiger partial charge in [0.2, 0.25) is 10.0 Å². The Bertz CT molecular complexity index is 602. The van der Waals surface area contributed by atoms with Crippen LogP contribution in [0.4, 0.5) is 18.9 Å². The molecule has 0 unspecified atom stereocenters. The van der Waals surface area contributed by atoms with E-state index in [4.69, 9.17) is 5.73 Å². The smallest absolute Gasteiger partial charge is 0.398 e. The number of anilines is 1. The van der Waals surface area contributed by atoms with Gasteiger partial charge >= 0.3 is 5.51 Å². The Labute approximate surface area is 126 Å². The number of hydrogen-bond acceptors (Lipinski definition) is 4. The van der Waals surface area contributed by atoms with Crippen LogP contribution in [0.2, 0.25) is 0 Å². The zero-order chi connectivity index (χ0) is 16.4. The fraction of sp³-hybridized carbons (Fsp3) is 0.500. The van der Waals surface area contributed by atoms with Crippen LogP contribution in [0.15, 0.2) is 11.0 Å². The number of benzene rings is 1. The van der Waals surface area contributed by atoms with E-state index in [1.165, 1.54) is 0 Å². The van der Waals surface area contributed by atoms with Gasteiger partial charge in [-0.2, -0.15) is 13.2 Å². The van der Waals surface area contributed by atoms with E-state index in [9.17, 15) is 21.6 Å². The monoisotopic (exact) mass is 342 g/mol. The van der Waals surface area contributed by atoms with Crippen molar-refractivity contribution < 1.29 is 21.6 Å². The highest BCUT2D eigenvalue weighted by Gasteiger charge is 2.28. The second-order valence-corrected chi connectivity index (χ2v) is 7.42. The van der Waals surface area contributed by atoms with Crippen molar-refractivity contribution in [1.82, 2.24) is 4.72 Å². The summed E-state index contributed by atoms with van der Waals surface area (Å²) in [5, 5.41) is 0. The third-order valence-corrected chi connectivity index (χ3v) is 5.48. The molecule has 0 amide bonds. The fourth-order valence-corrected chi connectivity index (χ4v) is 4.02. The van der Waals surface area contributed by atoms with Crippen molar-refractivity contribution in [3.63, 3.8) is 0 Å². The van der Waals surface area contributed by atoms with Gasteiger partial charge in [0.25, 0.3) is 0 Å². The molecular formula is C12H17F3N2O2S2. The number of nitrogen functional groups attached to an aromatic ring is 1. The average molecular weight is 342 g/mol. The number of thioether (sulfide) groups is 1. The van der Waals surface area contributed by atoms with Crippen molar-refractivity contribution in [3.05, 3.63) is 22.8 Å². The van der Waals surface area contributed by atoms with E-state index in [1.54, 1.807) is 26.8 Å². The first kappa shape index (κ1) is 18.1. The summed E-state index contributed by atoms with van der Waals surface area (Å²) in [5.41, 5.74) is 3.37. The van der Waals surface area contributed by atoms with Gasteiger partial charge in [-0.25, -0.2) is 13.1 Å². The largest absolute Gasteiger partial charge is 0.441 e. The third-order valence-electron chi connectivity index (χ3n) is 3.01. The van der Waals surface area contributed by atoms with Crippen molar-refractivity contribution >= 4 is 27.5 Å². The van der Waals surface area contributed by atoms with E-state index in [1.807, 2.05) is 0 Å². The minimum atomic E-state index is -4.37. The molecule has 9 heteroatoms. The molecule has 0 bridgehead atoms. The summed E-state index contributed by atoms with van der Waals surface area (Å²) < 4.78 is 62.7. The van der Waals surface area contributed by atoms with Gasteiger partial charge in [-0.15, -0.1) is 0 Å². The van der Waals surface area contributed by atoms with Crippen LogP contribution in [0.3, 0.4) is 0 Å². The van der Waals surface area contributed by atoms with Gasteiger partial charge in [-0.3, -0.25) is 0 Å². The summed E-state index contributed by atoms with van der Waals surface area (Å²) in [6.45, 7) is 4.63. The van der Waals surface area contributed by atoms with E-state index in [2.05, 4.69) is 4.72 Å². The minimum Gasteiger partial charge on any atom is -0.398 e. The number of alkyl halides is 3. The summed E-state index contributed by atoms with van der Waals surface area (Å²) in [6, 6.07) is 1.67. The van der Waals surface area contributed by atoms with Crippen molar-refractivity contribution in [3.8, 4) is 0 Å². The molecule has 4 nitrogen and oxygen atoms in total. The second kappa shape index (κ2) is 6.45. The number of nitrogens with one attached hydrogen (secondary N) is 1. The zero-order valence-corrected chi connectivity index (χ0v) is 13.5. The fourth-order valence-electron chi connectivity index (χ4n) is 1.86. The lowest BCUT2D eigenvalue weighted by Crippen LogP contribution is -2.28. The Morgan fingerprint density at radius 1 is 1.24 bits per heavy atom. The topological polar surface area (TPSA) is 72.2 Å². The van der Waals surface area contributed by atoms with Crippen molar-refractivity contribution in [2.45, 2.75) is 31.2 Å². The molecule has 21 heavy (non-hydrogen) atoms. The molecular weight excluding hydrogens is 325 g/mol. The van der Waals surface area contributed by atoms with Crippen LogP contribution in [0.5, 0.6) is 0 Å². The molecule has 0 atom stereocenters. The lowest BCUT2D eigenvalue weighted by molar-refractivity contribution is -0.0327. The number of aryl methyl sites for hydroxylation is 1. The maximum atomic E-state index is 12.2. The summed E-state index contributed by atoms with van der Waals surface area (Å²) in [4.78, 5) is 0.0389. The summed E-state index contributed by atoms with van der Waals surface area (Å²) >= 11 is -0.267. The molecule has 0 aromatic heterocycles. The van der Waals surface area contributed by atoms with Gasteiger partial charge in [0.1, 0.15) is 0 Å². The van der Waals surface area contributed by atoms with Crippen LogP contribution in [0.25, 0.3) is 0 Å². The Kier molecular flexibility index (Phi) is 5.57. The van der Waals surface area contributed by atoms with E-state index < -0.39 is 15.5 Å². The van der Waals surface area contributed by atoms with E-state index in [0.717, 1.165) is 0 Å². The SMILES string of the molecule is Cc1cc(N)c(C)c(S(=O)(=O)NCCSC(F)(F)F)c1C. The number of halogens is 3. The van der Waals surface area contributed by atoms with Gasteiger partial charge in [-0.05, 0) is 55.3 Å². The highest BCUT2D eigenvalue weighted by atomic mass is 32.2. The Morgan fingerprint density at radius 3 is 2.33 bits per heavy atom. The molecule has 0 radical (unpaired) electrons. The molecule has 0 aliphatic rings. The standard InChI is InChI=1S/C12H17F3N2O2S2/c1-7-6-10(16)9(3)11(8(7)2)21(18,19)17-4-5-20-12(13,14)15/h6,17H,4-5,16H2,1-3H3. The molecule has 0 heterocycles. The van der Waals surface area contributed by atoms with E-state index in [0.29, 0.717) is 22.4 Å². The van der Waals surface area contributed by atoms with Crippen molar-refractivity contribution in [2.24, 2.45) is 0 Å². The maximum Gasteiger partial charge on any atom is 0.441 e. The first-order valence-corrected chi connectivity index (χ1v) is 8.49. The van der Waals surface area contributed by atoms with Crippen LogP contribution >= 0.6 is 11.8 Å². The molecule has 120 valence electrons. The third kappa shape index (κ3) is 4.79. The van der Waals surface area contributed by atoms with Gasteiger partial charge in [0, 0.05) is 18.0 Å². The Morgan fingerprint density at radius 2 is 1.81 bits per heavy atom. The lowest BCUT2D eigenvalue weighted by Gasteiger charge is -2.16. The zero-order valence-electron chi connectivity index (χ0n) is 11.8. The van der Waals surface area contributed by atoms with E-state index in [-0.39, 0.29) is 29.0 Å². The highest BCUT2D eigenvalue weighted by Crippen LogP contribution is 2.30. The molecule has 1 aromatic carbocycles. The van der Waals surface area contributed by atoms with Gasteiger partial charge in [0.15, 0.2) is 0 Å². The summed E-state index contributed by atoms with van der Waals surface area (Å²) in [6.07, 6.45) is 0. The van der Waals surface area contributed by atoms with Crippen molar-refractivity contribution in [2.75, 3.05) is 18.0 Å². The van der Waals surface area contributed by atoms with Gasteiger partial charge in [-0.1, -0.05) is 0 Å². The number of hydrogen-bond donors (Lipinski definition) is 2. The summed E-state index contributed by atoms with van der Waals surface area (Å²) in [7, 11) is -3.90.